The Morgan fingerprint density at radius 2 is 2.00 bits per heavy atom. The first-order valence-corrected chi connectivity index (χ1v) is 8.02. The minimum absolute atomic E-state index is 0.0834. The molecule has 1 unspecified atom stereocenters. The van der Waals surface area contributed by atoms with E-state index in [0.29, 0.717) is 5.69 Å². The summed E-state index contributed by atoms with van der Waals surface area (Å²) in [6.07, 6.45) is 1.93. The molecule has 0 radical (unpaired) electrons. The number of aryl methyl sites for hydroxylation is 1. The lowest BCUT2D eigenvalue weighted by Crippen LogP contribution is -2.27. The van der Waals surface area contributed by atoms with Gasteiger partial charge in [0.15, 0.2) is 0 Å². The molecule has 0 spiro atoms. The monoisotopic (exact) mass is 307 g/mol. The number of hydrogen-bond donors (Lipinski definition) is 2. The molecule has 2 N–H and O–H groups in total. The quantitative estimate of drug-likeness (QED) is 0.748. The number of nitrogens with zero attached hydrogens (tertiary/aromatic N) is 1. The van der Waals surface area contributed by atoms with Gasteiger partial charge in [-0.05, 0) is 35.7 Å². The van der Waals surface area contributed by atoms with Crippen LogP contribution in [0.2, 0.25) is 0 Å². The number of rotatable bonds is 5. The van der Waals surface area contributed by atoms with Crippen LogP contribution >= 0.6 is 0 Å². The highest BCUT2D eigenvalue weighted by Crippen LogP contribution is 2.24. The molecule has 0 aliphatic carbocycles. The van der Waals surface area contributed by atoms with Gasteiger partial charge in [-0.2, -0.15) is 5.10 Å². The van der Waals surface area contributed by atoms with Crippen molar-refractivity contribution in [1.82, 2.24) is 15.5 Å². The average molecular weight is 307 g/mol. The normalized spacial score (nSPS) is 12.3. The van der Waals surface area contributed by atoms with Crippen molar-refractivity contribution in [2.75, 3.05) is 0 Å². The number of aromatic amines is 1. The molecule has 0 bridgehead atoms. The van der Waals surface area contributed by atoms with Crippen LogP contribution in [0.3, 0.4) is 0 Å². The number of nitrogens with one attached hydrogen (secondary N) is 2. The topological polar surface area (TPSA) is 57.8 Å². The van der Waals surface area contributed by atoms with Gasteiger partial charge in [0.25, 0.3) is 5.91 Å². The van der Waals surface area contributed by atoms with E-state index in [2.05, 4.69) is 46.7 Å². The van der Waals surface area contributed by atoms with Crippen LogP contribution < -0.4 is 5.32 Å². The molecular formula is C19H21N3O. The van der Waals surface area contributed by atoms with Gasteiger partial charge in [-0.25, -0.2) is 0 Å². The molecule has 0 aliphatic heterocycles. The largest absolute Gasteiger partial charge is 0.344 e. The molecule has 3 aromatic rings. The maximum atomic E-state index is 12.4. The molecule has 23 heavy (non-hydrogen) atoms. The molecule has 4 heteroatoms. The first kappa shape index (κ1) is 15.3. The second-order valence-electron chi connectivity index (χ2n) is 5.79. The molecule has 4 nitrogen and oxygen atoms in total. The zero-order valence-electron chi connectivity index (χ0n) is 13.5. The lowest BCUT2D eigenvalue weighted by atomic mass is 9.99. The van der Waals surface area contributed by atoms with E-state index in [9.17, 15) is 4.79 Å². The number of H-pyrrole nitrogens is 1. The van der Waals surface area contributed by atoms with Crippen molar-refractivity contribution >= 4 is 16.7 Å². The Morgan fingerprint density at radius 1 is 1.22 bits per heavy atom. The molecule has 0 aliphatic rings. The number of aromatic nitrogens is 2. The molecule has 1 amide bonds. The van der Waals surface area contributed by atoms with E-state index in [-0.39, 0.29) is 11.9 Å². The maximum Gasteiger partial charge on any atom is 0.272 e. The number of carbonyl (C=O) groups excluding carboxylic acids is 1. The van der Waals surface area contributed by atoms with Crippen molar-refractivity contribution in [3.05, 3.63) is 65.5 Å². The smallest absolute Gasteiger partial charge is 0.272 e. The summed E-state index contributed by atoms with van der Waals surface area (Å²) in [5, 5.41) is 12.4. The summed E-state index contributed by atoms with van der Waals surface area (Å²) >= 11 is 0. The van der Waals surface area contributed by atoms with Crippen molar-refractivity contribution < 1.29 is 4.79 Å². The van der Waals surface area contributed by atoms with E-state index < -0.39 is 0 Å². The Bertz CT molecular complexity index is 817. The summed E-state index contributed by atoms with van der Waals surface area (Å²) in [6, 6.07) is 16.1. The zero-order valence-corrected chi connectivity index (χ0v) is 13.5. The number of amides is 1. The van der Waals surface area contributed by atoms with Gasteiger partial charge < -0.3 is 5.32 Å². The second-order valence-corrected chi connectivity index (χ2v) is 5.79. The van der Waals surface area contributed by atoms with Crippen LogP contribution in [0.4, 0.5) is 0 Å². The van der Waals surface area contributed by atoms with Crippen LogP contribution in [0.5, 0.6) is 0 Å². The van der Waals surface area contributed by atoms with Crippen molar-refractivity contribution in [2.45, 2.75) is 32.7 Å². The van der Waals surface area contributed by atoms with Crippen molar-refractivity contribution in [3.8, 4) is 0 Å². The van der Waals surface area contributed by atoms with E-state index in [1.807, 2.05) is 31.2 Å². The Balaban J connectivity index is 1.79. The van der Waals surface area contributed by atoms with Crippen LogP contribution in [0.1, 0.15) is 48.1 Å². The molecule has 1 atom stereocenters. The Hall–Kier alpha value is -2.62. The third-order valence-electron chi connectivity index (χ3n) is 4.02. The van der Waals surface area contributed by atoms with E-state index in [0.717, 1.165) is 29.5 Å². The highest BCUT2D eigenvalue weighted by atomic mass is 16.2. The summed E-state index contributed by atoms with van der Waals surface area (Å²) in [4.78, 5) is 12.4. The van der Waals surface area contributed by atoms with E-state index in [1.165, 1.54) is 5.39 Å². The summed E-state index contributed by atoms with van der Waals surface area (Å²) in [7, 11) is 0. The van der Waals surface area contributed by atoms with E-state index in [4.69, 9.17) is 0 Å². The molecule has 0 fully saturated rings. The second kappa shape index (κ2) is 6.65. The summed E-state index contributed by atoms with van der Waals surface area (Å²) in [5.41, 5.74) is 2.55. The SMILES string of the molecule is CCCc1cc(C(=O)NC(C)c2cccc3ccccc23)n[nH]1. The minimum Gasteiger partial charge on any atom is -0.344 e. The predicted molar refractivity (Wildman–Crippen MR) is 92.4 cm³/mol. The molecule has 3 rings (SSSR count). The first-order valence-electron chi connectivity index (χ1n) is 8.02. The number of fused-ring (bicyclic) bond motifs is 1. The van der Waals surface area contributed by atoms with Gasteiger partial charge in [-0.15, -0.1) is 0 Å². The third kappa shape index (κ3) is 3.26. The van der Waals surface area contributed by atoms with E-state index >= 15 is 0 Å². The fourth-order valence-corrected chi connectivity index (χ4v) is 2.85. The standard InChI is InChI=1S/C19H21N3O/c1-3-7-15-12-18(22-21-15)19(23)20-13(2)16-11-6-9-14-8-4-5-10-17(14)16/h4-6,8-13H,3,7H2,1-2H3,(H,20,23)(H,21,22). The molecule has 0 saturated heterocycles. The molecule has 1 heterocycles. The molecule has 118 valence electrons. The molecule has 0 saturated carbocycles. The van der Waals surface area contributed by atoms with E-state index in [1.54, 1.807) is 0 Å². The van der Waals surface area contributed by atoms with Crippen LogP contribution in [0.15, 0.2) is 48.5 Å². The van der Waals surface area contributed by atoms with Crippen LogP contribution in [-0.2, 0) is 6.42 Å². The molecule has 1 aromatic heterocycles. The molecule has 2 aromatic carbocycles. The van der Waals surface area contributed by atoms with Crippen molar-refractivity contribution in [1.29, 1.82) is 0 Å². The third-order valence-corrected chi connectivity index (χ3v) is 4.02. The first-order chi connectivity index (χ1) is 11.2. The van der Waals surface area contributed by atoms with Gasteiger partial charge >= 0.3 is 0 Å². The van der Waals surface area contributed by atoms with Gasteiger partial charge in [-0.1, -0.05) is 55.8 Å². The highest BCUT2D eigenvalue weighted by Gasteiger charge is 2.15. The van der Waals surface area contributed by atoms with Gasteiger partial charge in [0.1, 0.15) is 5.69 Å². The molecular weight excluding hydrogens is 286 g/mol. The maximum absolute atomic E-state index is 12.4. The summed E-state index contributed by atoms with van der Waals surface area (Å²) < 4.78 is 0. The highest BCUT2D eigenvalue weighted by molar-refractivity contribution is 5.93. The number of carbonyl (C=O) groups is 1. The van der Waals surface area contributed by atoms with Crippen LogP contribution in [-0.4, -0.2) is 16.1 Å². The summed E-state index contributed by atoms with van der Waals surface area (Å²) in [5.74, 6) is -0.149. The fourth-order valence-electron chi connectivity index (χ4n) is 2.85. The van der Waals surface area contributed by atoms with Gasteiger partial charge in [-0.3, -0.25) is 9.89 Å². The van der Waals surface area contributed by atoms with Gasteiger partial charge in [0, 0.05) is 5.69 Å². The number of benzene rings is 2. The Kier molecular flexibility index (Phi) is 4.42. The van der Waals surface area contributed by atoms with Crippen molar-refractivity contribution in [2.24, 2.45) is 0 Å². The van der Waals surface area contributed by atoms with Gasteiger partial charge in [0.05, 0.1) is 6.04 Å². The Morgan fingerprint density at radius 3 is 2.83 bits per heavy atom. The average Bonchev–Trinajstić information content (AvgIpc) is 3.03. The Labute approximate surface area is 135 Å². The zero-order chi connectivity index (χ0) is 16.2. The van der Waals surface area contributed by atoms with Gasteiger partial charge in [0.2, 0.25) is 0 Å². The minimum atomic E-state index is -0.149. The lowest BCUT2D eigenvalue weighted by Gasteiger charge is -2.16. The van der Waals surface area contributed by atoms with Crippen molar-refractivity contribution in [3.63, 3.8) is 0 Å². The predicted octanol–water partition coefficient (Wildman–Crippen LogP) is 4.01. The lowest BCUT2D eigenvalue weighted by molar-refractivity contribution is 0.0935. The van der Waals surface area contributed by atoms with Crippen LogP contribution in [0, 0.1) is 0 Å². The fraction of sp³-hybridized carbons (Fsp3) is 0.263. The summed E-state index contributed by atoms with van der Waals surface area (Å²) in [6.45, 7) is 4.10. The number of hydrogen-bond acceptors (Lipinski definition) is 2. The van der Waals surface area contributed by atoms with Crippen LogP contribution in [0.25, 0.3) is 10.8 Å².